The normalized spacial score (nSPS) is 15.3. The molecule has 3 heterocycles. The van der Waals surface area contributed by atoms with E-state index in [1.165, 1.54) is 12.5 Å². The van der Waals surface area contributed by atoms with E-state index in [0.717, 1.165) is 42.1 Å². The van der Waals surface area contributed by atoms with Crippen molar-refractivity contribution in [3.05, 3.63) is 63.3 Å². The number of piperazine rings is 1. The molecule has 0 spiro atoms. The molecule has 0 bridgehead atoms. The molecule has 30 heavy (non-hydrogen) atoms. The molecular weight excluding hydrogens is 394 g/mol. The van der Waals surface area contributed by atoms with Gasteiger partial charge >= 0.3 is 0 Å². The first-order valence-corrected chi connectivity index (χ1v) is 9.67. The predicted octanol–water partition coefficient (Wildman–Crippen LogP) is 1.08. The van der Waals surface area contributed by atoms with Crippen molar-refractivity contribution in [1.29, 1.82) is 0 Å². The highest BCUT2D eigenvalue weighted by molar-refractivity contribution is 5.81. The molecule has 0 radical (unpaired) electrons. The molecule has 3 aromatic rings. The van der Waals surface area contributed by atoms with Crippen LogP contribution in [0.25, 0.3) is 10.9 Å². The number of alkyl halides is 2. The third kappa shape index (κ3) is 4.09. The highest BCUT2D eigenvalue weighted by atomic mass is 19.3. The van der Waals surface area contributed by atoms with Gasteiger partial charge in [0.1, 0.15) is 0 Å². The fraction of sp³-hybridized carbons (Fsp3) is 0.400. The van der Waals surface area contributed by atoms with Gasteiger partial charge in [-0.05, 0) is 18.2 Å². The molecule has 0 aliphatic carbocycles. The Morgan fingerprint density at radius 2 is 1.87 bits per heavy atom. The van der Waals surface area contributed by atoms with E-state index in [1.54, 1.807) is 23.9 Å². The molecule has 0 saturated carbocycles. The van der Waals surface area contributed by atoms with Gasteiger partial charge in [-0.25, -0.2) is 13.8 Å². The van der Waals surface area contributed by atoms with Crippen LogP contribution in [0.4, 0.5) is 14.5 Å². The number of halogens is 2. The van der Waals surface area contributed by atoms with E-state index < -0.39 is 18.5 Å². The van der Waals surface area contributed by atoms with Gasteiger partial charge in [-0.1, -0.05) is 0 Å². The third-order valence-corrected chi connectivity index (χ3v) is 5.44. The number of fused-ring (bicyclic) bond motifs is 1. The molecule has 0 unspecified atom stereocenters. The van der Waals surface area contributed by atoms with Crippen molar-refractivity contribution < 1.29 is 8.78 Å². The Hall–Kier alpha value is -3.14. The van der Waals surface area contributed by atoms with Gasteiger partial charge in [-0.2, -0.15) is 0 Å². The van der Waals surface area contributed by atoms with Crippen LogP contribution in [-0.2, 0) is 20.1 Å². The maximum Gasteiger partial charge on any atom is 0.268 e. The van der Waals surface area contributed by atoms with Crippen molar-refractivity contribution in [3.8, 4) is 0 Å². The van der Waals surface area contributed by atoms with Gasteiger partial charge in [0, 0.05) is 51.7 Å². The van der Waals surface area contributed by atoms with Crippen molar-refractivity contribution in [3.63, 3.8) is 0 Å². The van der Waals surface area contributed by atoms with Crippen molar-refractivity contribution in [1.82, 2.24) is 24.0 Å². The molecule has 1 aromatic carbocycles. The van der Waals surface area contributed by atoms with Crippen molar-refractivity contribution in [2.75, 3.05) is 31.1 Å². The highest BCUT2D eigenvalue weighted by Crippen LogP contribution is 2.21. The van der Waals surface area contributed by atoms with Crippen LogP contribution < -0.4 is 16.0 Å². The second-order valence-corrected chi connectivity index (χ2v) is 7.35. The average molecular weight is 416 g/mol. The number of hydrogen-bond donors (Lipinski definition) is 0. The Balaban J connectivity index is 1.46. The van der Waals surface area contributed by atoms with Gasteiger partial charge in [0.05, 0.1) is 35.7 Å². The summed E-state index contributed by atoms with van der Waals surface area (Å²) in [7, 11) is 1.74. The Labute approximate surface area is 171 Å². The van der Waals surface area contributed by atoms with E-state index >= 15 is 0 Å². The van der Waals surface area contributed by atoms with Crippen molar-refractivity contribution in [2.45, 2.75) is 19.5 Å². The summed E-state index contributed by atoms with van der Waals surface area (Å²) in [4.78, 5) is 36.7. The van der Waals surface area contributed by atoms with Crippen LogP contribution >= 0.6 is 0 Å². The van der Waals surface area contributed by atoms with Gasteiger partial charge in [0.2, 0.25) is 0 Å². The molecule has 8 nitrogen and oxygen atoms in total. The van der Waals surface area contributed by atoms with Crippen LogP contribution in [0.15, 0.2) is 46.5 Å². The summed E-state index contributed by atoms with van der Waals surface area (Å²) in [5.74, 6) is 0. The van der Waals surface area contributed by atoms with E-state index in [4.69, 9.17) is 0 Å². The number of aromatic nitrogens is 4. The zero-order valence-electron chi connectivity index (χ0n) is 16.5. The van der Waals surface area contributed by atoms with E-state index in [0.29, 0.717) is 17.4 Å². The molecule has 0 amide bonds. The van der Waals surface area contributed by atoms with E-state index in [1.807, 2.05) is 12.1 Å². The molecule has 1 aliphatic heterocycles. The lowest BCUT2D eigenvalue weighted by Crippen LogP contribution is -2.46. The SMILES string of the molecule is Cn1c(CN2CCN(c3ccc4c(=O)n(CC(F)F)cnc4c3)CC2)cncc1=O. The third-order valence-electron chi connectivity index (χ3n) is 5.44. The van der Waals surface area contributed by atoms with Crippen LogP contribution in [0.1, 0.15) is 5.69 Å². The second kappa shape index (κ2) is 8.31. The maximum atomic E-state index is 12.6. The lowest BCUT2D eigenvalue weighted by molar-refractivity contribution is 0.125. The van der Waals surface area contributed by atoms with Crippen LogP contribution in [0.5, 0.6) is 0 Å². The molecule has 2 aromatic heterocycles. The van der Waals surface area contributed by atoms with Gasteiger partial charge in [-0.15, -0.1) is 0 Å². The zero-order chi connectivity index (χ0) is 21.3. The van der Waals surface area contributed by atoms with Gasteiger partial charge < -0.3 is 9.47 Å². The first-order valence-electron chi connectivity index (χ1n) is 9.67. The summed E-state index contributed by atoms with van der Waals surface area (Å²) in [6.45, 7) is 3.17. The minimum atomic E-state index is -2.60. The van der Waals surface area contributed by atoms with Gasteiger partial charge in [0.25, 0.3) is 17.5 Å². The largest absolute Gasteiger partial charge is 0.369 e. The maximum absolute atomic E-state index is 12.6. The van der Waals surface area contributed by atoms with Crippen LogP contribution in [-0.4, -0.2) is 56.6 Å². The molecule has 10 heteroatoms. The number of anilines is 1. The van der Waals surface area contributed by atoms with E-state index in [-0.39, 0.29) is 5.56 Å². The lowest BCUT2D eigenvalue weighted by Gasteiger charge is -2.36. The molecule has 1 fully saturated rings. The van der Waals surface area contributed by atoms with Crippen molar-refractivity contribution in [2.24, 2.45) is 7.05 Å². The molecule has 0 atom stereocenters. The standard InChI is InChI=1S/C20H22F2N6O2/c1-25-15(9-23-10-19(25)29)11-26-4-6-27(7-5-26)14-2-3-16-17(8-14)24-13-28(20(16)30)12-18(21)22/h2-3,8-10,13,18H,4-7,11-12H2,1H3. The fourth-order valence-electron chi connectivity index (χ4n) is 3.66. The predicted molar refractivity (Wildman–Crippen MR) is 109 cm³/mol. The summed E-state index contributed by atoms with van der Waals surface area (Å²) in [6.07, 6.45) is 1.59. The average Bonchev–Trinajstić information content (AvgIpc) is 2.73. The summed E-state index contributed by atoms with van der Waals surface area (Å²) in [6, 6.07) is 5.31. The Bertz CT molecular complexity index is 1170. The monoisotopic (exact) mass is 416 g/mol. The topological polar surface area (TPSA) is 76.3 Å². The molecule has 1 saturated heterocycles. The number of rotatable bonds is 5. The number of benzene rings is 1. The summed E-state index contributed by atoms with van der Waals surface area (Å²) in [5, 5.41) is 0.332. The minimum Gasteiger partial charge on any atom is -0.369 e. The zero-order valence-corrected chi connectivity index (χ0v) is 16.5. The fourth-order valence-corrected chi connectivity index (χ4v) is 3.66. The number of hydrogen-bond acceptors (Lipinski definition) is 6. The molecule has 0 N–H and O–H groups in total. The van der Waals surface area contributed by atoms with Gasteiger partial charge in [0.15, 0.2) is 0 Å². The van der Waals surface area contributed by atoms with Crippen LogP contribution in [0.2, 0.25) is 0 Å². The minimum absolute atomic E-state index is 0.123. The highest BCUT2D eigenvalue weighted by Gasteiger charge is 2.19. The summed E-state index contributed by atoms with van der Waals surface area (Å²) in [5.41, 5.74) is 1.72. The Morgan fingerprint density at radius 1 is 1.10 bits per heavy atom. The Kier molecular flexibility index (Phi) is 5.58. The summed E-state index contributed by atoms with van der Waals surface area (Å²) < 4.78 is 27.7. The second-order valence-electron chi connectivity index (χ2n) is 7.35. The molecule has 1 aliphatic rings. The van der Waals surface area contributed by atoms with E-state index in [2.05, 4.69) is 19.8 Å². The van der Waals surface area contributed by atoms with Crippen LogP contribution in [0.3, 0.4) is 0 Å². The first kappa shape index (κ1) is 20.1. The van der Waals surface area contributed by atoms with Crippen LogP contribution in [0, 0.1) is 0 Å². The molecule has 158 valence electrons. The molecular formula is C20H22F2N6O2. The Morgan fingerprint density at radius 3 is 2.60 bits per heavy atom. The quantitative estimate of drug-likeness (QED) is 0.620. The lowest BCUT2D eigenvalue weighted by atomic mass is 10.2. The van der Waals surface area contributed by atoms with Crippen molar-refractivity contribution >= 4 is 16.6 Å². The smallest absolute Gasteiger partial charge is 0.268 e. The molecule has 4 rings (SSSR count). The van der Waals surface area contributed by atoms with E-state index in [9.17, 15) is 18.4 Å². The van der Waals surface area contributed by atoms with Gasteiger partial charge in [-0.3, -0.25) is 24.0 Å². The summed E-state index contributed by atoms with van der Waals surface area (Å²) >= 11 is 0. The number of nitrogens with zero attached hydrogens (tertiary/aromatic N) is 6. The first-order chi connectivity index (χ1) is 14.4.